The summed E-state index contributed by atoms with van der Waals surface area (Å²) in [5, 5.41) is 7.17. The van der Waals surface area contributed by atoms with Crippen molar-refractivity contribution in [1.29, 1.82) is 0 Å². The van der Waals surface area contributed by atoms with E-state index in [1.807, 2.05) is 30.3 Å². The van der Waals surface area contributed by atoms with Gasteiger partial charge >= 0.3 is 0 Å². The van der Waals surface area contributed by atoms with Crippen LogP contribution in [0.1, 0.15) is 93.0 Å². The molecule has 2 aromatic carbocycles. The summed E-state index contributed by atoms with van der Waals surface area (Å²) < 4.78 is 0. The highest BCUT2D eigenvalue weighted by Gasteiger charge is 2.52. The Labute approximate surface area is 233 Å². The normalized spacial score (nSPS) is 39.3. The summed E-state index contributed by atoms with van der Waals surface area (Å²) in [7, 11) is 0. The number of nitrogens with one attached hydrogen (secondary N) is 2. The first-order valence-electron chi connectivity index (χ1n) is 15.2. The van der Waals surface area contributed by atoms with E-state index in [0.717, 1.165) is 46.1 Å². The zero-order valence-corrected chi connectivity index (χ0v) is 23.4. The molecule has 10 rings (SSSR count). The van der Waals surface area contributed by atoms with Crippen molar-refractivity contribution in [3.63, 3.8) is 0 Å². The van der Waals surface area contributed by atoms with E-state index < -0.39 is 0 Å². The average molecular weight is 527 g/mol. The van der Waals surface area contributed by atoms with Crippen LogP contribution in [-0.4, -0.2) is 22.0 Å². The van der Waals surface area contributed by atoms with Crippen molar-refractivity contribution in [2.45, 2.75) is 88.1 Å². The monoisotopic (exact) mass is 526 g/mol. The van der Waals surface area contributed by atoms with Crippen LogP contribution in [0.3, 0.4) is 0 Å². The molecule has 8 saturated carbocycles. The second-order valence-corrected chi connectivity index (χ2v) is 14.4. The van der Waals surface area contributed by atoms with Crippen molar-refractivity contribution < 1.29 is 4.79 Å². The van der Waals surface area contributed by atoms with Gasteiger partial charge < -0.3 is 10.6 Å². The van der Waals surface area contributed by atoms with Crippen LogP contribution in [0.2, 0.25) is 0 Å². The van der Waals surface area contributed by atoms with Gasteiger partial charge in [0.2, 0.25) is 0 Å². The Morgan fingerprint density at radius 2 is 0.895 bits per heavy atom. The van der Waals surface area contributed by atoms with Gasteiger partial charge in [0.1, 0.15) is 4.99 Å². The van der Waals surface area contributed by atoms with Crippen LogP contribution in [0.15, 0.2) is 60.7 Å². The maximum absolute atomic E-state index is 12.4. The summed E-state index contributed by atoms with van der Waals surface area (Å²) in [5.41, 5.74) is 2.44. The molecule has 8 aliphatic carbocycles. The Balaban J connectivity index is 0.000000127. The third-order valence-corrected chi connectivity index (χ3v) is 11.2. The second kappa shape index (κ2) is 9.77. The lowest BCUT2D eigenvalue weighted by Crippen LogP contribution is -2.59. The molecule has 8 bridgehead atoms. The molecule has 0 heterocycles. The molecule has 2 N–H and O–H groups in total. The topological polar surface area (TPSA) is 41.1 Å². The Morgan fingerprint density at radius 3 is 1.29 bits per heavy atom. The molecule has 3 nitrogen and oxygen atoms in total. The number of hydrogen-bond acceptors (Lipinski definition) is 2. The number of carbonyl (C=O) groups excluding carboxylic acids is 1. The maximum atomic E-state index is 12.4. The third-order valence-electron chi connectivity index (χ3n) is 10.9. The predicted octanol–water partition coefficient (Wildman–Crippen LogP) is 7.31. The summed E-state index contributed by atoms with van der Waals surface area (Å²) in [6.07, 6.45) is 16.4. The Morgan fingerprint density at radius 1 is 0.553 bits per heavy atom. The quantitative estimate of drug-likeness (QED) is 0.411. The van der Waals surface area contributed by atoms with Gasteiger partial charge in [-0.15, -0.1) is 0 Å². The second-order valence-electron chi connectivity index (χ2n) is 14.0. The molecule has 0 aromatic heterocycles. The zero-order valence-electron chi connectivity index (χ0n) is 22.5. The van der Waals surface area contributed by atoms with Gasteiger partial charge in [-0.2, -0.15) is 0 Å². The first-order valence-corrected chi connectivity index (χ1v) is 15.6. The molecule has 0 aliphatic heterocycles. The summed E-state index contributed by atoms with van der Waals surface area (Å²) in [6.45, 7) is 0. The fourth-order valence-corrected chi connectivity index (χ4v) is 10.7. The van der Waals surface area contributed by atoms with Gasteiger partial charge in [-0.1, -0.05) is 60.7 Å². The largest absolute Gasteiger partial charge is 0.370 e. The van der Waals surface area contributed by atoms with Crippen LogP contribution < -0.4 is 10.6 Å². The summed E-state index contributed by atoms with van der Waals surface area (Å²) in [6, 6.07) is 20.1. The van der Waals surface area contributed by atoms with Crippen LogP contribution in [0.4, 0.5) is 0 Å². The molecule has 2 aromatic rings. The van der Waals surface area contributed by atoms with Gasteiger partial charge in [-0.05, 0) is 125 Å². The van der Waals surface area contributed by atoms with Crippen LogP contribution in [0.5, 0.6) is 0 Å². The number of thiocarbonyl (C=S) groups is 1. The van der Waals surface area contributed by atoms with Gasteiger partial charge in [0, 0.05) is 22.2 Å². The van der Waals surface area contributed by atoms with E-state index >= 15 is 0 Å². The summed E-state index contributed by atoms with van der Waals surface area (Å²) >= 11 is 5.64. The molecule has 0 radical (unpaired) electrons. The van der Waals surface area contributed by atoms with E-state index in [-0.39, 0.29) is 11.4 Å². The first kappa shape index (κ1) is 24.8. The van der Waals surface area contributed by atoms with Crippen LogP contribution in [-0.2, 0) is 0 Å². The van der Waals surface area contributed by atoms with E-state index in [0.29, 0.717) is 5.54 Å². The van der Waals surface area contributed by atoms with E-state index in [4.69, 9.17) is 12.2 Å². The number of rotatable bonds is 4. The van der Waals surface area contributed by atoms with Crippen molar-refractivity contribution in [3.8, 4) is 0 Å². The first-order chi connectivity index (χ1) is 18.4. The molecule has 0 atom stereocenters. The molecule has 8 aliphatic rings. The minimum atomic E-state index is 0.127. The highest BCUT2D eigenvalue weighted by molar-refractivity contribution is 7.80. The SMILES string of the molecule is O=C(NC12CC3CC(CC(C3)C1)C2)c1ccccc1.S=C(NC12CC3CC(CC(C3)C1)C2)c1ccccc1. The number of amides is 1. The molecule has 0 unspecified atom stereocenters. The molecular weight excluding hydrogens is 484 g/mol. The number of carbonyl (C=O) groups is 1. The van der Waals surface area contributed by atoms with Crippen molar-refractivity contribution in [2.75, 3.05) is 0 Å². The molecule has 4 heteroatoms. The lowest BCUT2D eigenvalue weighted by atomic mass is 9.53. The van der Waals surface area contributed by atoms with Gasteiger partial charge in [-0.25, -0.2) is 0 Å². The minimum Gasteiger partial charge on any atom is -0.370 e. The minimum absolute atomic E-state index is 0.127. The van der Waals surface area contributed by atoms with Crippen LogP contribution in [0.25, 0.3) is 0 Å². The van der Waals surface area contributed by atoms with E-state index in [9.17, 15) is 4.79 Å². The van der Waals surface area contributed by atoms with E-state index in [1.54, 1.807) is 0 Å². The lowest BCUT2D eigenvalue weighted by Gasteiger charge is -2.57. The van der Waals surface area contributed by atoms with Gasteiger partial charge in [0.05, 0.1) is 0 Å². The highest BCUT2D eigenvalue weighted by Crippen LogP contribution is 2.56. The number of hydrogen-bond donors (Lipinski definition) is 2. The zero-order chi connectivity index (χ0) is 25.7. The Kier molecular flexibility index (Phi) is 6.38. The smallest absolute Gasteiger partial charge is 0.251 e. The predicted molar refractivity (Wildman–Crippen MR) is 157 cm³/mol. The average Bonchev–Trinajstić information content (AvgIpc) is 2.88. The molecule has 1 amide bonds. The fraction of sp³-hybridized carbons (Fsp3) is 0.588. The van der Waals surface area contributed by atoms with E-state index in [1.165, 1.54) is 82.6 Å². The molecule has 0 spiro atoms. The third kappa shape index (κ3) is 4.94. The lowest BCUT2D eigenvalue weighted by molar-refractivity contribution is -0.0167. The molecular formula is C34H42N2OS. The Hall–Kier alpha value is -2.20. The molecule has 38 heavy (non-hydrogen) atoms. The van der Waals surface area contributed by atoms with Crippen LogP contribution in [0, 0.1) is 35.5 Å². The van der Waals surface area contributed by atoms with Crippen LogP contribution >= 0.6 is 12.2 Å². The van der Waals surface area contributed by atoms with Gasteiger partial charge in [-0.3, -0.25) is 4.79 Å². The molecule has 200 valence electrons. The van der Waals surface area contributed by atoms with Gasteiger partial charge in [0.25, 0.3) is 5.91 Å². The molecule has 0 saturated heterocycles. The van der Waals surface area contributed by atoms with Gasteiger partial charge in [0.15, 0.2) is 0 Å². The van der Waals surface area contributed by atoms with Crippen molar-refractivity contribution in [1.82, 2.24) is 10.6 Å². The maximum Gasteiger partial charge on any atom is 0.251 e. The standard InChI is InChI=1S/C17H21NO.C17H21NS/c2*19-16(15-4-2-1-3-5-15)18-17-9-12-6-13(10-17)8-14(7-12)11-17/h2*1-5,12-14H,6-11H2,(H,18,19). The summed E-state index contributed by atoms with van der Waals surface area (Å²) in [5.74, 6) is 5.67. The molecule has 8 fully saturated rings. The van der Waals surface area contributed by atoms with Crippen molar-refractivity contribution in [2.24, 2.45) is 35.5 Å². The Bertz CT molecular complexity index is 1010. The summed E-state index contributed by atoms with van der Waals surface area (Å²) in [4.78, 5) is 13.4. The number of benzene rings is 2. The highest BCUT2D eigenvalue weighted by atomic mass is 32.1. The fourth-order valence-electron chi connectivity index (χ4n) is 10.3. The van der Waals surface area contributed by atoms with E-state index in [2.05, 4.69) is 41.0 Å². The van der Waals surface area contributed by atoms with Crippen molar-refractivity contribution in [3.05, 3.63) is 71.8 Å². The van der Waals surface area contributed by atoms with Crippen molar-refractivity contribution >= 4 is 23.1 Å².